The van der Waals surface area contributed by atoms with E-state index in [1.165, 1.54) is 47.3 Å². The quantitative estimate of drug-likeness (QED) is 0.399. The topological polar surface area (TPSA) is 68.8 Å². The Hall–Kier alpha value is -2.22. The van der Waals surface area contributed by atoms with Gasteiger partial charge in [-0.3, -0.25) is 4.90 Å². The summed E-state index contributed by atoms with van der Waals surface area (Å²) in [4.78, 5) is 9.16. The smallest absolute Gasteiger partial charge is 0.0994 e. The number of H-pyrrole nitrogens is 1. The number of nitrogens with one attached hydrogen (secondary N) is 1. The lowest BCUT2D eigenvalue weighted by molar-refractivity contribution is -0.0997. The number of rotatable bonds is 1. The van der Waals surface area contributed by atoms with Gasteiger partial charge in [0.05, 0.1) is 17.7 Å². The molecule has 0 amide bonds. The summed E-state index contributed by atoms with van der Waals surface area (Å²) in [5.41, 5.74) is 3.65. The Balaban J connectivity index is 1.32. The summed E-state index contributed by atoms with van der Waals surface area (Å²) < 4.78 is 0. The summed E-state index contributed by atoms with van der Waals surface area (Å²) in [6, 6.07) is 8.61. The zero-order valence-electron chi connectivity index (χ0n) is 25.0. The van der Waals surface area contributed by atoms with Crippen LogP contribution in [0.15, 0.2) is 60.2 Å². The Morgan fingerprint density at radius 1 is 0.929 bits per heavy atom. The Morgan fingerprint density at radius 2 is 1.76 bits per heavy atom. The highest BCUT2D eigenvalue weighted by Gasteiger charge is 2.66. The Morgan fingerprint density at radius 3 is 2.69 bits per heavy atom. The van der Waals surface area contributed by atoms with Crippen molar-refractivity contribution in [3.8, 4) is 0 Å². The monoisotopic (exact) mass is 567 g/mol. The van der Waals surface area contributed by atoms with Crippen LogP contribution in [0.1, 0.15) is 81.5 Å². The first-order valence-corrected chi connectivity index (χ1v) is 16.9. The number of aliphatic hydroxyl groups is 1. The highest BCUT2D eigenvalue weighted by molar-refractivity contribution is 5.85. The number of piperidine rings is 1. The van der Waals surface area contributed by atoms with Crippen molar-refractivity contribution in [2.75, 3.05) is 32.7 Å². The van der Waals surface area contributed by atoms with E-state index in [1.807, 2.05) is 0 Å². The van der Waals surface area contributed by atoms with Crippen molar-refractivity contribution in [3.63, 3.8) is 0 Å². The maximum absolute atomic E-state index is 14.0. The average molecular weight is 568 g/mol. The third kappa shape index (κ3) is 4.32. The first-order chi connectivity index (χ1) is 20.6. The highest BCUT2D eigenvalue weighted by Crippen LogP contribution is 2.62. The normalized spacial score (nSPS) is 39.3. The minimum Gasteiger partial charge on any atom is -0.784 e. The Kier molecular flexibility index (Phi) is 6.99. The molecule has 1 aromatic heterocycles. The summed E-state index contributed by atoms with van der Waals surface area (Å²) in [5, 5.41) is 29.7. The standard InChI is InChI=1S/C36H47N4O2/c41-36-18-10-4-1-2-5-11-19-38-21-17-30(35(25-38)23-26-13-7-3-6-12-20-39(26)34(35)36)29(24-36)33-32-28(16-22-40(33)42)27-14-8-9-15-31(27)37-32/h1,4,7-9,13-15,24,26,30,33-34,37,41H,2-3,5-6,10-12,16-23,25H2/q-1. The summed E-state index contributed by atoms with van der Waals surface area (Å²) in [5.74, 6) is 0.292. The number of nitrogens with zero attached hydrogens (tertiary/aromatic N) is 3. The van der Waals surface area contributed by atoms with Gasteiger partial charge in [0.1, 0.15) is 0 Å². The van der Waals surface area contributed by atoms with Gasteiger partial charge in [0.2, 0.25) is 0 Å². The molecule has 7 unspecified atom stereocenters. The molecule has 1 aromatic carbocycles. The van der Waals surface area contributed by atoms with Crippen molar-refractivity contribution >= 4 is 10.9 Å². The summed E-state index contributed by atoms with van der Waals surface area (Å²) >= 11 is 0. The van der Waals surface area contributed by atoms with Crippen LogP contribution in [0.25, 0.3) is 10.9 Å². The molecule has 8 rings (SSSR count). The number of allylic oxidation sites excluding steroid dienone is 3. The van der Waals surface area contributed by atoms with Gasteiger partial charge in [-0.15, -0.1) is 0 Å². The first-order valence-electron chi connectivity index (χ1n) is 16.9. The molecule has 42 heavy (non-hydrogen) atoms. The fourth-order valence-corrected chi connectivity index (χ4v) is 10.2. The van der Waals surface area contributed by atoms with Gasteiger partial charge in [0.25, 0.3) is 0 Å². The molecular weight excluding hydrogens is 520 g/mol. The number of aromatic amines is 1. The van der Waals surface area contributed by atoms with Crippen molar-refractivity contribution in [1.29, 1.82) is 0 Å². The van der Waals surface area contributed by atoms with E-state index in [1.54, 1.807) is 0 Å². The predicted molar refractivity (Wildman–Crippen MR) is 169 cm³/mol. The minimum absolute atomic E-state index is 0.0708. The van der Waals surface area contributed by atoms with Crippen molar-refractivity contribution in [1.82, 2.24) is 19.8 Å². The summed E-state index contributed by atoms with van der Waals surface area (Å²) in [6.07, 6.45) is 23.4. The van der Waals surface area contributed by atoms with E-state index in [4.69, 9.17) is 0 Å². The van der Waals surface area contributed by atoms with Crippen molar-refractivity contribution < 1.29 is 5.11 Å². The van der Waals surface area contributed by atoms with Gasteiger partial charge in [-0.05, 0) is 120 Å². The van der Waals surface area contributed by atoms with Gasteiger partial charge in [-0.1, -0.05) is 48.6 Å². The second-order valence-electron chi connectivity index (χ2n) is 14.2. The number of benzene rings is 1. The molecule has 6 heterocycles. The van der Waals surface area contributed by atoms with E-state index in [2.05, 4.69) is 69.4 Å². The zero-order valence-corrected chi connectivity index (χ0v) is 25.0. The summed E-state index contributed by atoms with van der Waals surface area (Å²) in [7, 11) is 0. The number of hydroxylamine groups is 2. The van der Waals surface area contributed by atoms with Crippen LogP contribution in [0, 0.1) is 16.5 Å². The molecule has 3 bridgehead atoms. The van der Waals surface area contributed by atoms with Gasteiger partial charge >= 0.3 is 0 Å². The van der Waals surface area contributed by atoms with Crippen LogP contribution in [0.3, 0.4) is 0 Å². The second-order valence-corrected chi connectivity index (χ2v) is 14.2. The van der Waals surface area contributed by atoms with E-state index >= 15 is 0 Å². The average Bonchev–Trinajstić information content (AvgIpc) is 3.49. The fourth-order valence-electron chi connectivity index (χ4n) is 10.2. The van der Waals surface area contributed by atoms with Crippen LogP contribution in [-0.4, -0.2) is 75.4 Å². The van der Waals surface area contributed by atoms with Gasteiger partial charge in [-0.25, -0.2) is 0 Å². The fraction of sp³-hybridized carbons (Fsp3) is 0.611. The molecule has 0 saturated carbocycles. The van der Waals surface area contributed by atoms with Gasteiger partial charge < -0.3 is 25.3 Å². The number of hydrogen-bond acceptors (Lipinski definition) is 5. The van der Waals surface area contributed by atoms with Gasteiger partial charge in [-0.2, -0.15) is 0 Å². The molecule has 5 aliphatic heterocycles. The molecule has 6 aliphatic rings. The van der Waals surface area contributed by atoms with E-state index in [0.29, 0.717) is 24.9 Å². The molecule has 2 saturated heterocycles. The second kappa shape index (κ2) is 10.7. The molecule has 7 atom stereocenters. The molecule has 224 valence electrons. The van der Waals surface area contributed by atoms with Crippen molar-refractivity contribution in [3.05, 3.63) is 76.7 Å². The number of aromatic nitrogens is 1. The van der Waals surface area contributed by atoms with E-state index in [9.17, 15) is 10.3 Å². The molecule has 1 spiro atoms. The van der Waals surface area contributed by atoms with E-state index < -0.39 is 5.60 Å². The van der Waals surface area contributed by atoms with E-state index in [-0.39, 0.29) is 17.5 Å². The predicted octanol–water partition coefficient (Wildman–Crippen LogP) is 6.25. The molecule has 6 heteroatoms. The number of para-hydroxylation sites is 1. The Labute approximate surface area is 250 Å². The molecule has 2 aromatic rings. The van der Waals surface area contributed by atoms with Crippen LogP contribution in [0.4, 0.5) is 0 Å². The van der Waals surface area contributed by atoms with Gasteiger partial charge in [0.15, 0.2) is 0 Å². The van der Waals surface area contributed by atoms with Crippen LogP contribution in [-0.2, 0) is 6.42 Å². The molecular formula is C36H47N4O2-. The molecule has 6 nitrogen and oxygen atoms in total. The van der Waals surface area contributed by atoms with Crippen molar-refractivity contribution in [2.45, 2.75) is 94.4 Å². The third-order valence-electron chi connectivity index (χ3n) is 11.8. The largest absolute Gasteiger partial charge is 0.784 e. The molecule has 1 aliphatic carbocycles. The lowest BCUT2D eigenvalue weighted by Gasteiger charge is -2.60. The Bertz CT molecular complexity index is 1410. The lowest BCUT2D eigenvalue weighted by atomic mass is 9.54. The van der Waals surface area contributed by atoms with Crippen LogP contribution in [0.5, 0.6) is 0 Å². The van der Waals surface area contributed by atoms with E-state index in [0.717, 1.165) is 75.9 Å². The third-order valence-corrected chi connectivity index (χ3v) is 11.8. The maximum Gasteiger partial charge on any atom is 0.0994 e. The van der Waals surface area contributed by atoms with Crippen LogP contribution >= 0.6 is 0 Å². The first kappa shape index (κ1) is 27.3. The number of hydrogen-bond donors (Lipinski definition) is 2. The van der Waals surface area contributed by atoms with Crippen molar-refractivity contribution in [2.24, 2.45) is 11.3 Å². The SMILES string of the molecule is [O-]N1CCc2c([nH]c3ccccc23)C1C1=CC2(O)CCC=CCCCCN3CCC1C1(CC4C=CCCCCN4C21)C3. The van der Waals surface area contributed by atoms with Crippen LogP contribution in [0.2, 0.25) is 0 Å². The summed E-state index contributed by atoms with van der Waals surface area (Å²) in [6.45, 7) is 4.80. The lowest BCUT2D eigenvalue weighted by Crippen LogP contribution is -2.66. The molecule has 2 fully saturated rings. The highest BCUT2D eigenvalue weighted by atomic mass is 16.5. The minimum atomic E-state index is -0.973. The number of fused-ring (bicyclic) bond motifs is 5. The zero-order chi connectivity index (χ0) is 28.3. The maximum atomic E-state index is 14.0. The molecule has 0 radical (unpaired) electrons. The van der Waals surface area contributed by atoms with Gasteiger partial charge in [0, 0.05) is 34.6 Å². The molecule has 2 N–H and O–H groups in total. The van der Waals surface area contributed by atoms with Crippen LogP contribution < -0.4 is 0 Å².